The van der Waals surface area contributed by atoms with Crippen LogP contribution in [-0.2, 0) is 11.0 Å². The van der Waals surface area contributed by atoms with E-state index in [2.05, 4.69) is 25.5 Å². The van der Waals surface area contributed by atoms with Gasteiger partial charge >= 0.3 is 6.18 Å². The van der Waals surface area contributed by atoms with Crippen LogP contribution in [0.25, 0.3) is 22.1 Å². The molecule has 0 aliphatic rings. The fourth-order valence-corrected chi connectivity index (χ4v) is 3.69. The van der Waals surface area contributed by atoms with E-state index in [1.807, 2.05) is 25.1 Å². The van der Waals surface area contributed by atoms with Gasteiger partial charge in [0.25, 0.3) is 0 Å². The fraction of sp³-hybridized carbons (Fsp3) is 0.200. The first kappa shape index (κ1) is 20.1. The molecule has 154 valence electrons. The molecule has 0 aliphatic carbocycles. The average Bonchev–Trinajstić information content (AvgIpc) is 3.04. The number of aromatic nitrogens is 4. The molecule has 2 N–H and O–H groups in total. The number of nitrogens with zero attached hydrogens (tertiary/aromatic N) is 3. The Morgan fingerprint density at radius 3 is 2.73 bits per heavy atom. The summed E-state index contributed by atoms with van der Waals surface area (Å²) in [5.41, 5.74) is 2.32. The van der Waals surface area contributed by atoms with Crippen LogP contribution in [0.4, 0.5) is 18.9 Å². The number of carbonyl (C=O) groups excluding carboxylic acids is 1. The van der Waals surface area contributed by atoms with Gasteiger partial charge in [-0.2, -0.15) is 13.2 Å². The fourth-order valence-electron chi connectivity index (χ4n) is 3.11. The molecule has 0 fully saturated rings. The molecule has 0 bridgehead atoms. The van der Waals surface area contributed by atoms with Gasteiger partial charge in [-0.3, -0.25) is 4.79 Å². The molecule has 2 aromatic carbocycles. The molecule has 2 heterocycles. The van der Waals surface area contributed by atoms with Crippen LogP contribution < -0.4 is 5.32 Å². The summed E-state index contributed by atoms with van der Waals surface area (Å²) in [6, 6.07) is 9.62. The van der Waals surface area contributed by atoms with Gasteiger partial charge in [0, 0.05) is 10.9 Å². The molecule has 0 saturated heterocycles. The van der Waals surface area contributed by atoms with Crippen molar-refractivity contribution in [3.8, 4) is 0 Å². The molecule has 1 amide bonds. The van der Waals surface area contributed by atoms with Crippen molar-refractivity contribution in [3.63, 3.8) is 0 Å². The van der Waals surface area contributed by atoms with Crippen LogP contribution in [0.1, 0.15) is 16.7 Å². The van der Waals surface area contributed by atoms with Crippen LogP contribution in [0.5, 0.6) is 0 Å². The number of halogens is 3. The van der Waals surface area contributed by atoms with Gasteiger partial charge in [-0.05, 0) is 37.6 Å². The molecule has 0 unspecified atom stereocenters. The second-order valence-electron chi connectivity index (χ2n) is 6.80. The lowest BCUT2D eigenvalue weighted by Crippen LogP contribution is -2.19. The van der Waals surface area contributed by atoms with E-state index in [0.29, 0.717) is 16.7 Å². The highest BCUT2D eigenvalue weighted by atomic mass is 32.2. The van der Waals surface area contributed by atoms with Crippen LogP contribution >= 0.6 is 11.8 Å². The Hall–Kier alpha value is -3.14. The van der Waals surface area contributed by atoms with E-state index in [0.717, 1.165) is 34.3 Å². The highest BCUT2D eigenvalue weighted by Crippen LogP contribution is 2.36. The average molecular weight is 431 g/mol. The lowest BCUT2D eigenvalue weighted by molar-refractivity contribution is -0.137. The normalized spacial score (nSPS) is 11.9. The first-order chi connectivity index (χ1) is 14.2. The third kappa shape index (κ3) is 3.95. The number of para-hydroxylation sites is 1. The van der Waals surface area contributed by atoms with Gasteiger partial charge < -0.3 is 10.3 Å². The van der Waals surface area contributed by atoms with Crippen LogP contribution in [0.15, 0.2) is 41.6 Å². The number of aryl methyl sites for hydroxylation is 2. The second-order valence-corrected chi connectivity index (χ2v) is 7.74. The molecule has 10 heteroatoms. The van der Waals surface area contributed by atoms with E-state index in [1.165, 1.54) is 19.1 Å². The number of hydrogen-bond acceptors (Lipinski definition) is 5. The maximum absolute atomic E-state index is 13.2. The summed E-state index contributed by atoms with van der Waals surface area (Å²) < 4.78 is 39.6. The van der Waals surface area contributed by atoms with E-state index >= 15 is 0 Å². The van der Waals surface area contributed by atoms with Gasteiger partial charge in [0.05, 0.1) is 17.0 Å². The smallest absolute Gasteiger partial charge is 0.338 e. The van der Waals surface area contributed by atoms with Crippen LogP contribution in [-0.4, -0.2) is 31.8 Å². The van der Waals surface area contributed by atoms with Crippen molar-refractivity contribution in [2.24, 2.45) is 0 Å². The number of nitrogens with one attached hydrogen (secondary N) is 2. The van der Waals surface area contributed by atoms with Crippen molar-refractivity contribution in [1.82, 2.24) is 20.2 Å². The predicted octanol–water partition coefficient (Wildman–Crippen LogP) is 4.87. The van der Waals surface area contributed by atoms with E-state index in [9.17, 15) is 18.0 Å². The molecule has 2 aromatic heterocycles. The van der Waals surface area contributed by atoms with Crippen molar-refractivity contribution in [3.05, 3.63) is 53.1 Å². The van der Waals surface area contributed by atoms with Gasteiger partial charge in [-0.15, -0.1) is 10.2 Å². The van der Waals surface area contributed by atoms with Crippen molar-refractivity contribution < 1.29 is 18.0 Å². The lowest BCUT2D eigenvalue weighted by atomic mass is 10.1. The minimum atomic E-state index is -4.56. The predicted molar refractivity (Wildman–Crippen MR) is 109 cm³/mol. The molecule has 0 aliphatic heterocycles. The molecular formula is C20H16F3N5OS. The quantitative estimate of drug-likeness (QED) is 0.451. The highest BCUT2D eigenvalue weighted by molar-refractivity contribution is 7.99. The van der Waals surface area contributed by atoms with Crippen molar-refractivity contribution >= 4 is 45.4 Å². The second kappa shape index (κ2) is 7.60. The minimum absolute atomic E-state index is 0.155. The summed E-state index contributed by atoms with van der Waals surface area (Å²) in [5.74, 6) is -0.742. The molecule has 0 atom stereocenters. The van der Waals surface area contributed by atoms with E-state index in [1.54, 1.807) is 0 Å². The summed E-state index contributed by atoms with van der Waals surface area (Å²) in [6.45, 7) is 3.48. The van der Waals surface area contributed by atoms with E-state index in [4.69, 9.17) is 0 Å². The Balaban J connectivity index is 1.51. The van der Waals surface area contributed by atoms with Crippen molar-refractivity contribution in [1.29, 1.82) is 0 Å². The molecule has 0 radical (unpaired) electrons. The SMILES string of the molecule is Cc1ccc2[nH]c3nc(SCC(=O)Nc4c(C)cccc4C(F)(F)F)nnc3c2c1. The van der Waals surface area contributed by atoms with Gasteiger partial charge in [-0.1, -0.05) is 35.5 Å². The Kier molecular flexibility index (Phi) is 5.10. The van der Waals surface area contributed by atoms with Gasteiger partial charge in [0.15, 0.2) is 5.65 Å². The molecule has 4 aromatic rings. The zero-order chi connectivity index (χ0) is 21.5. The molecule has 0 saturated carbocycles. The van der Waals surface area contributed by atoms with Crippen LogP contribution in [0, 0.1) is 13.8 Å². The van der Waals surface area contributed by atoms with E-state index < -0.39 is 17.6 Å². The first-order valence-electron chi connectivity index (χ1n) is 8.94. The van der Waals surface area contributed by atoms with E-state index in [-0.39, 0.29) is 16.6 Å². The summed E-state index contributed by atoms with van der Waals surface area (Å²) in [6.07, 6.45) is -4.56. The first-order valence-corrected chi connectivity index (χ1v) is 9.93. The van der Waals surface area contributed by atoms with Gasteiger partial charge in [0.1, 0.15) is 5.52 Å². The standard InChI is InChI=1S/C20H16F3N5OS/c1-10-6-7-14-12(8-10)17-18(24-14)26-19(28-27-17)30-9-15(29)25-16-11(2)4-3-5-13(16)20(21,22)23/h3-8H,9H2,1-2H3,(H,25,29)(H,24,26,28). The highest BCUT2D eigenvalue weighted by Gasteiger charge is 2.34. The summed E-state index contributed by atoms with van der Waals surface area (Å²) >= 11 is 0.997. The monoisotopic (exact) mass is 431 g/mol. The van der Waals surface area contributed by atoms with Gasteiger partial charge in [-0.25, -0.2) is 4.98 Å². The number of hydrogen-bond donors (Lipinski definition) is 2. The number of benzene rings is 2. The number of amides is 1. The molecule has 4 rings (SSSR count). The lowest BCUT2D eigenvalue weighted by Gasteiger charge is -2.15. The number of H-pyrrole nitrogens is 1. The zero-order valence-electron chi connectivity index (χ0n) is 16.0. The van der Waals surface area contributed by atoms with Crippen molar-refractivity contribution in [2.75, 3.05) is 11.1 Å². The maximum Gasteiger partial charge on any atom is 0.418 e. The number of alkyl halides is 3. The summed E-state index contributed by atoms with van der Waals surface area (Å²) in [4.78, 5) is 19.8. The number of anilines is 1. The Morgan fingerprint density at radius 2 is 1.97 bits per heavy atom. The minimum Gasteiger partial charge on any atom is -0.338 e. The Labute approximate surface area is 173 Å². The molecule has 30 heavy (non-hydrogen) atoms. The van der Waals surface area contributed by atoms with Crippen molar-refractivity contribution in [2.45, 2.75) is 25.2 Å². The topological polar surface area (TPSA) is 83.6 Å². The van der Waals surface area contributed by atoms with Crippen LogP contribution in [0.3, 0.4) is 0 Å². The third-order valence-electron chi connectivity index (χ3n) is 4.53. The zero-order valence-corrected chi connectivity index (χ0v) is 16.8. The number of carbonyl (C=O) groups is 1. The summed E-state index contributed by atoms with van der Waals surface area (Å²) in [5, 5.41) is 11.7. The molecular weight excluding hydrogens is 415 g/mol. The summed E-state index contributed by atoms with van der Waals surface area (Å²) in [7, 11) is 0. The maximum atomic E-state index is 13.2. The van der Waals surface area contributed by atoms with Crippen LogP contribution in [0.2, 0.25) is 0 Å². The van der Waals surface area contributed by atoms with Gasteiger partial charge in [0.2, 0.25) is 11.1 Å². The third-order valence-corrected chi connectivity index (χ3v) is 5.36. The Bertz CT molecular complexity index is 1270. The number of fused-ring (bicyclic) bond motifs is 3. The Morgan fingerprint density at radius 1 is 1.17 bits per heavy atom. The largest absolute Gasteiger partial charge is 0.418 e. The number of thioether (sulfide) groups is 1. The molecule has 0 spiro atoms. The molecule has 6 nitrogen and oxygen atoms in total. The number of rotatable bonds is 4. The number of aromatic amines is 1.